The SMILES string of the molecule is O=S(=O)(c1ccc(Br)c(F)c1)N1Cc2ccccc2C1. The van der Waals surface area contributed by atoms with Crippen molar-refractivity contribution in [1.82, 2.24) is 4.31 Å². The number of hydrogen-bond acceptors (Lipinski definition) is 2. The molecular formula is C14H11BrFNO2S. The minimum absolute atomic E-state index is 0.0222. The standard InChI is InChI=1S/C14H11BrFNO2S/c15-13-6-5-12(7-14(13)16)20(18,19)17-8-10-3-1-2-4-11(10)9-17/h1-7H,8-9H2. The Bertz CT molecular complexity index is 751. The average Bonchev–Trinajstić information content (AvgIpc) is 2.86. The van der Waals surface area contributed by atoms with Gasteiger partial charge in [0.15, 0.2) is 0 Å². The summed E-state index contributed by atoms with van der Waals surface area (Å²) >= 11 is 3.02. The molecule has 0 fully saturated rings. The van der Waals surface area contributed by atoms with Crippen molar-refractivity contribution in [3.63, 3.8) is 0 Å². The van der Waals surface area contributed by atoms with Gasteiger partial charge in [0, 0.05) is 13.1 Å². The zero-order chi connectivity index (χ0) is 14.3. The van der Waals surface area contributed by atoms with E-state index in [9.17, 15) is 12.8 Å². The quantitative estimate of drug-likeness (QED) is 0.828. The summed E-state index contributed by atoms with van der Waals surface area (Å²) in [7, 11) is -3.67. The summed E-state index contributed by atoms with van der Waals surface area (Å²) in [6, 6.07) is 11.4. The van der Waals surface area contributed by atoms with Crippen LogP contribution in [0, 0.1) is 5.82 Å². The van der Waals surface area contributed by atoms with Crippen LogP contribution in [0.2, 0.25) is 0 Å². The molecule has 0 saturated heterocycles. The molecule has 0 spiro atoms. The molecule has 1 heterocycles. The lowest BCUT2D eigenvalue weighted by molar-refractivity contribution is 0.431. The van der Waals surface area contributed by atoms with Crippen LogP contribution >= 0.6 is 15.9 Å². The van der Waals surface area contributed by atoms with Crippen LogP contribution in [0.4, 0.5) is 4.39 Å². The third kappa shape index (κ3) is 2.28. The molecule has 0 saturated carbocycles. The lowest BCUT2D eigenvalue weighted by atomic mass is 10.1. The molecule has 0 atom stereocenters. The van der Waals surface area contributed by atoms with Crippen LogP contribution in [-0.4, -0.2) is 12.7 Å². The Balaban J connectivity index is 1.96. The fourth-order valence-corrected chi connectivity index (χ4v) is 3.91. The van der Waals surface area contributed by atoms with Crippen molar-refractivity contribution in [2.45, 2.75) is 18.0 Å². The van der Waals surface area contributed by atoms with Crippen LogP contribution in [0.3, 0.4) is 0 Å². The van der Waals surface area contributed by atoms with Crippen molar-refractivity contribution in [3.05, 3.63) is 63.9 Å². The molecule has 0 aromatic heterocycles. The smallest absolute Gasteiger partial charge is 0.207 e. The average molecular weight is 356 g/mol. The first kappa shape index (κ1) is 13.7. The molecule has 0 radical (unpaired) electrons. The van der Waals surface area contributed by atoms with E-state index < -0.39 is 15.8 Å². The highest BCUT2D eigenvalue weighted by Crippen LogP contribution is 2.29. The van der Waals surface area contributed by atoms with E-state index in [1.165, 1.54) is 16.4 Å². The van der Waals surface area contributed by atoms with Gasteiger partial charge in [0.2, 0.25) is 10.0 Å². The number of fused-ring (bicyclic) bond motifs is 1. The minimum atomic E-state index is -3.67. The van der Waals surface area contributed by atoms with Gasteiger partial charge in [-0.2, -0.15) is 4.31 Å². The van der Waals surface area contributed by atoms with Gasteiger partial charge in [0.25, 0.3) is 0 Å². The van der Waals surface area contributed by atoms with E-state index >= 15 is 0 Å². The van der Waals surface area contributed by atoms with Gasteiger partial charge >= 0.3 is 0 Å². The van der Waals surface area contributed by atoms with Crippen LogP contribution in [-0.2, 0) is 23.1 Å². The molecule has 0 aliphatic carbocycles. The molecule has 0 N–H and O–H groups in total. The first-order valence-electron chi connectivity index (χ1n) is 6.00. The zero-order valence-electron chi connectivity index (χ0n) is 10.4. The molecule has 1 aliphatic heterocycles. The van der Waals surface area contributed by atoms with Crippen LogP contribution in [0.25, 0.3) is 0 Å². The normalized spacial score (nSPS) is 15.3. The van der Waals surface area contributed by atoms with E-state index in [2.05, 4.69) is 15.9 Å². The van der Waals surface area contributed by atoms with Gasteiger partial charge in [0.1, 0.15) is 5.82 Å². The fourth-order valence-electron chi connectivity index (χ4n) is 2.26. The number of sulfonamides is 1. The van der Waals surface area contributed by atoms with Crippen LogP contribution < -0.4 is 0 Å². The van der Waals surface area contributed by atoms with Gasteiger partial charge in [-0.3, -0.25) is 0 Å². The second-order valence-corrected chi connectivity index (χ2v) is 7.41. The van der Waals surface area contributed by atoms with Gasteiger partial charge in [0.05, 0.1) is 9.37 Å². The highest BCUT2D eigenvalue weighted by molar-refractivity contribution is 9.10. The predicted molar refractivity (Wildman–Crippen MR) is 77.0 cm³/mol. The van der Waals surface area contributed by atoms with E-state index in [1.807, 2.05) is 24.3 Å². The summed E-state index contributed by atoms with van der Waals surface area (Å²) < 4.78 is 40.2. The van der Waals surface area contributed by atoms with E-state index in [0.29, 0.717) is 13.1 Å². The van der Waals surface area contributed by atoms with Crippen LogP contribution in [0.5, 0.6) is 0 Å². The van der Waals surface area contributed by atoms with Gasteiger partial charge in [-0.25, -0.2) is 12.8 Å². The molecule has 3 nitrogen and oxygen atoms in total. The second-order valence-electron chi connectivity index (χ2n) is 4.62. The highest BCUT2D eigenvalue weighted by atomic mass is 79.9. The molecule has 2 aromatic carbocycles. The summed E-state index contributed by atoms with van der Waals surface area (Å²) in [5.41, 5.74) is 1.99. The largest absolute Gasteiger partial charge is 0.243 e. The first-order chi connectivity index (χ1) is 9.48. The summed E-state index contributed by atoms with van der Waals surface area (Å²) in [4.78, 5) is -0.0222. The number of benzene rings is 2. The van der Waals surface area contributed by atoms with E-state index in [4.69, 9.17) is 0 Å². The molecule has 6 heteroatoms. The third-order valence-electron chi connectivity index (χ3n) is 3.34. The maximum absolute atomic E-state index is 13.5. The lowest BCUT2D eigenvalue weighted by Crippen LogP contribution is -2.25. The zero-order valence-corrected chi connectivity index (χ0v) is 12.8. The monoisotopic (exact) mass is 355 g/mol. The molecule has 1 aliphatic rings. The number of hydrogen-bond donors (Lipinski definition) is 0. The van der Waals surface area contributed by atoms with Crippen molar-refractivity contribution >= 4 is 26.0 Å². The molecule has 0 unspecified atom stereocenters. The van der Waals surface area contributed by atoms with Crippen molar-refractivity contribution in [2.75, 3.05) is 0 Å². The first-order valence-corrected chi connectivity index (χ1v) is 8.24. The molecule has 20 heavy (non-hydrogen) atoms. The Labute approximate surface area is 125 Å². The van der Waals surface area contributed by atoms with Crippen molar-refractivity contribution in [2.24, 2.45) is 0 Å². The lowest BCUT2D eigenvalue weighted by Gasteiger charge is -2.15. The van der Waals surface area contributed by atoms with E-state index in [1.54, 1.807) is 0 Å². The van der Waals surface area contributed by atoms with Crippen molar-refractivity contribution in [1.29, 1.82) is 0 Å². The van der Waals surface area contributed by atoms with Gasteiger partial charge in [-0.15, -0.1) is 0 Å². The van der Waals surface area contributed by atoms with Crippen molar-refractivity contribution in [3.8, 4) is 0 Å². The van der Waals surface area contributed by atoms with Gasteiger partial charge < -0.3 is 0 Å². The van der Waals surface area contributed by atoms with Gasteiger partial charge in [-0.05, 0) is 45.3 Å². The van der Waals surface area contributed by atoms with E-state index in [0.717, 1.165) is 17.2 Å². The minimum Gasteiger partial charge on any atom is -0.207 e. The Morgan fingerprint density at radius 1 is 1.05 bits per heavy atom. The Morgan fingerprint density at radius 2 is 1.65 bits per heavy atom. The predicted octanol–water partition coefficient (Wildman–Crippen LogP) is 3.29. The topological polar surface area (TPSA) is 37.4 Å². The summed E-state index contributed by atoms with van der Waals surface area (Å²) in [6.45, 7) is 0.659. The van der Waals surface area contributed by atoms with Crippen LogP contribution in [0.15, 0.2) is 51.8 Å². The summed E-state index contributed by atoms with van der Waals surface area (Å²) in [5.74, 6) is -0.581. The molecule has 3 rings (SSSR count). The number of nitrogens with zero attached hydrogens (tertiary/aromatic N) is 1. The molecule has 0 amide bonds. The molecule has 2 aromatic rings. The summed E-state index contributed by atoms with van der Waals surface area (Å²) in [6.07, 6.45) is 0. The fraction of sp³-hybridized carbons (Fsp3) is 0.143. The van der Waals surface area contributed by atoms with Crippen LogP contribution in [0.1, 0.15) is 11.1 Å². The third-order valence-corrected chi connectivity index (χ3v) is 5.77. The van der Waals surface area contributed by atoms with E-state index in [-0.39, 0.29) is 9.37 Å². The molecule has 0 bridgehead atoms. The highest BCUT2D eigenvalue weighted by Gasteiger charge is 2.30. The summed E-state index contributed by atoms with van der Waals surface area (Å²) in [5, 5.41) is 0. The number of rotatable bonds is 2. The maximum atomic E-state index is 13.5. The maximum Gasteiger partial charge on any atom is 0.243 e. The number of halogens is 2. The second kappa shape index (κ2) is 4.95. The molecule has 104 valence electrons. The van der Waals surface area contributed by atoms with Gasteiger partial charge in [-0.1, -0.05) is 24.3 Å². The Morgan fingerprint density at radius 3 is 2.20 bits per heavy atom. The molecular weight excluding hydrogens is 345 g/mol. The Kier molecular flexibility index (Phi) is 3.40. The Hall–Kier alpha value is -1.24. The van der Waals surface area contributed by atoms with Crippen molar-refractivity contribution < 1.29 is 12.8 Å².